The van der Waals surface area contributed by atoms with E-state index in [0.717, 1.165) is 11.6 Å². The standard InChI is InChI=1S/C13H24N4/c1-9-6-5-7-10(8-9)17-11(13(2,3)4)12(14)15-16-17/h9-10H,5-8,14H2,1-4H3. The summed E-state index contributed by atoms with van der Waals surface area (Å²) in [7, 11) is 0. The highest BCUT2D eigenvalue weighted by Crippen LogP contribution is 2.36. The molecule has 1 aliphatic carbocycles. The molecule has 0 amide bonds. The van der Waals surface area contributed by atoms with E-state index in [9.17, 15) is 0 Å². The second-order valence-electron chi connectivity index (χ2n) is 6.44. The molecule has 2 rings (SSSR count). The molecule has 17 heavy (non-hydrogen) atoms. The fraction of sp³-hybridized carbons (Fsp3) is 0.846. The van der Waals surface area contributed by atoms with Gasteiger partial charge in [-0.15, -0.1) is 5.10 Å². The molecule has 2 unspecified atom stereocenters. The largest absolute Gasteiger partial charge is 0.381 e. The van der Waals surface area contributed by atoms with Gasteiger partial charge in [0.05, 0.1) is 11.7 Å². The van der Waals surface area contributed by atoms with Crippen LogP contribution in [0.4, 0.5) is 5.82 Å². The van der Waals surface area contributed by atoms with Crippen LogP contribution in [-0.4, -0.2) is 15.0 Å². The lowest BCUT2D eigenvalue weighted by atomic mass is 9.85. The Balaban J connectivity index is 2.32. The van der Waals surface area contributed by atoms with E-state index in [1.54, 1.807) is 0 Å². The van der Waals surface area contributed by atoms with Crippen molar-refractivity contribution in [3.63, 3.8) is 0 Å². The van der Waals surface area contributed by atoms with Crippen molar-refractivity contribution in [3.8, 4) is 0 Å². The van der Waals surface area contributed by atoms with Gasteiger partial charge in [0.15, 0.2) is 5.82 Å². The molecule has 2 N–H and O–H groups in total. The third kappa shape index (κ3) is 2.45. The van der Waals surface area contributed by atoms with Crippen molar-refractivity contribution in [2.24, 2.45) is 5.92 Å². The minimum absolute atomic E-state index is 0.00820. The zero-order valence-corrected chi connectivity index (χ0v) is 11.4. The lowest BCUT2D eigenvalue weighted by Gasteiger charge is -2.30. The Hall–Kier alpha value is -1.06. The second-order valence-corrected chi connectivity index (χ2v) is 6.44. The van der Waals surface area contributed by atoms with E-state index in [4.69, 9.17) is 5.73 Å². The quantitative estimate of drug-likeness (QED) is 0.815. The summed E-state index contributed by atoms with van der Waals surface area (Å²) in [5.41, 5.74) is 7.08. The van der Waals surface area contributed by atoms with Crippen LogP contribution in [-0.2, 0) is 5.41 Å². The van der Waals surface area contributed by atoms with Crippen molar-refractivity contribution in [2.75, 3.05) is 5.73 Å². The van der Waals surface area contributed by atoms with E-state index in [2.05, 4.69) is 42.7 Å². The Labute approximate surface area is 104 Å². The van der Waals surface area contributed by atoms with Crippen LogP contribution in [0.15, 0.2) is 0 Å². The van der Waals surface area contributed by atoms with Gasteiger partial charge < -0.3 is 5.73 Å². The molecule has 1 aromatic heterocycles. The molecular weight excluding hydrogens is 212 g/mol. The van der Waals surface area contributed by atoms with Gasteiger partial charge in [0, 0.05) is 5.41 Å². The van der Waals surface area contributed by atoms with E-state index in [0.29, 0.717) is 11.9 Å². The first-order valence-electron chi connectivity index (χ1n) is 6.60. The maximum absolute atomic E-state index is 5.97. The predicted molar refractivity (Wildman–Crippen MR) is 69.8 cm³/mol. The van der Waals surface area contributed by atoms with Crippen molar-refractivity contribution in [2.45, 2.75) is 64.8 Å². The van der Waals surface area contributed by atoms with Gasteiger partial charge >= 0.3 is 0 Å². The van der Waals surface area contributed by atoms with Crippen molar-refractivity contribution >= 4 is 5.82 Å². The zero-order valence-electron chi connectivity index (χ0n) is 11.4. The molecule has 96 valence electrons. The highest BCUT2D eigenvalue weighted by molar-refractivity contribution is 5.38. The Morgan fingerprint density at radius 1 is 1.29 bits per heavy atom. The second kappa shape index (κ2) is 4.31. The average Bonchev–Trinajstić information content (AvgIpc) is 2.59. The van der Waals surface area contributed by atoms with Gasteiger partial charge in [0.1, 0.15) is 0 Å². The summed E-state index contributed by atoms with van der Waals surface area (Å²) in [6.45, 7) is 8.84. The van der Waals surface area contributed by atoms with Crippen LogP contribution in [0.3, 0.4) is 0 Å². The summed E-state index contributed by atoms with van der Waals surface area (Å²) in [6.07, 6.45) is 5.03. The van der Waals surface area contributed by atoms with Gasteiger partial charge in [0.25, 0.3) is 0 Å². The minimum atomic E-state index is 0.00820. The molecule has 1 saturated carbocycles. The van der Waals surface area contributed by atoms with Gasteiger partial charge in [-0.1, -0.05) is 45.7 Å². The summed E-state index contributed by atoms with van der Waals surface area (Å²) in [6, 6.07) is 0.484. The summed E-state index contributed by atoms with van der Waals surface area (Å²) in [4.78, 5) is 0. The molecule has 1 fully saturated rings. The summed E-state index contributed by atoms with van der Waals surface area (Å²) in [5, 5.41) is 8.36. The van der Waals surface area contributed by atoms with Gasteiger partial charge in [-0.3, -0.25) is 0 Å². The smallest absolute Gasteiger partial charge is 0.169 e. The molecule has 0 aliphatic heterocycles. The first kappa shape index (κ1) is 12.4. The highest BCUT2D eigenvalue weighted by Gasteiger charge is 2.29. The monoisotopic (exact) mass is 236 g/mol. The fourth-order valence-corrected chi connectivity index (χ4v) is 2.91. The minimum Gasteiger partial charge on any atom is -0.381 e. The van der Waals surface area contributed by atoms with Gasteiger partial charge in [-0.05, 0) is 18.8 Å². The first-order chi connectivity index (χ1) is 7.89. The Morgan fingerprint density at radius 3 is 2.59 bits per heavy atom. The van der Waals surface area contributed by atoms with Gasteiger partial charge in [0.2, 0.25) is 0 Å². The molecule has 1 aliphatic rings. The number of nitrogens with two attached hydrogens (primary N) is 1. The van der Waals surface area contributed by atoms with E-state index < -0.39 is 0 Å². The molecular formula is C13H24N4. The zero-order chi connectivity index (χ0) is 12.6. The number of aromatic nitrogens is 3. The van der Waals surface area contributed by atoms with Gasteiger partial charge in [-0.2, -0.15) is 0 Å². The molecule has 0 saturated heterocycles. The Morgan fingerprint density at radius 2 is 2.00 bits per heavy atom. The normalized spacial score (nSPS) is 26.1. The lowest BCUT2D eigenvalue weighted by molar-refractivity contribution is 0.252. The SMILES string of the molecule is CC1CCCC(n2nnc(N)c2C(C)(C)C)C1. The Kier molecular flexibility index (Phi) is 3.15. The number of hydrogen-bond acceptors (Lipinski definition) is 3. The van der Waals surface area contributed by atoms with Crippen LogP contribution < -0.4 is 5.73 Å². The molecule has 1 aromatic rings. The Bertz CT molecular complexity index is 389. The molecule has 0 bridgehead atoms. The van der Waals surface area contributed by atoms with Crippen molar-refractivity contribution in [1.29, 1.82) is 0 Å². The predicted octanol–water partition coefficient (Wildman–Crippen LogP) is 2.91. The van der Waals surface area contributed by atoms with Crippen LogP contribution >= 0.6 is 0 Å². The maximum Gasteiger partial charge on any atom is 0.169 e. The molecule has 4 heteroatoms. The van der Waals surface area contributed by atoms with Crippen LogP contribution in [0.5, 0.6) is 0 Å². The number of nitrogen functional groups attached to an aromatic ring is 1. The topological polar surface area (TPSA) is 56.7 Å². The van der Waals surface area contributed by atoms with E-state index in [-0.39, 0.29) is 5.41 Å². The third-order valence-electron chi connectivity index (χ3n) is 3.69. The molecule has 1 heterocycles. The number of nitrogens with zero attached hydrogens (tertiary/aromatic N) is 3. The lowest BCUT2D eigenvalue weighted by Crippen LogP contribution is -2.26. The molecule has 0 spiro atoms. The first-order valence-corrected chi connectivity index (χ1v) is 6.60. The number of rotatable bonds is 1. The number of anilines is 1. The fourth-order valence-electron chi connectivity index (χ4n) is 2.91. The summed E-state index contributed by atoms with van der Waals surface area (Å²) < 4.78 is 2.09. The average molecular weight is 236 g/mol. The van der Waals surface area contributed by atoms with Crippen molar-refractivity contribution in [3.05, 3.63) is 5.69 Å². The van der Waals surface area contributed by atoms with Crippen LogP contribution in [0, 0.1) is 5.92 Å². The molecule has 0 aromatic carbocycles. The summed E-state index contributed by atoms with van der Waals surface area (Å²) >= 11 is 0. The van der Waals surface area contributed by atoms with Crippen molar-refractivity contribution in [1.82, 2.24) is 15.0 Å². The molecule has 4 nitrogen and oxygen atoms in total. The van der Waals surface area contributed by atoms with E-state index in [1.165, 1.54) is 25.7 Å². The molecule has 0 radical (unpaired) electrons. The van der Waals surface area contributed by atoms with Gasteiger partial charge in [-0.25, -0.2) is 4.68 Å². The maximum atomic E-state index is 5.97. The highest BCUT2D eigenvalue weighted by atomic mass is 15.5. The van der Waals surface area contributed by atoms with Crippen LogP contribution in [0.25, 0.3) is 0 Å². The van der Waals surface area contributed by atoms with E-state index in [1.807, 2.05) is 0 Å². The van der Waals surface area contributed by atoms with E-state index >= 15 is 0 Å². The van der Waals surface area contributed by atoms with Crippen LogP contribution in [0.1, 0.15) is 65.1 Å². The van der Waals surface area contributed by atoms with Crippen LogP contribution in [0.2, 0.25) is 0 Å². The number of hydrogen-bond donors (Lipinski definition) is 1. The molecule has 2 atom stereocenters. The third-order valence-corrected chi connectivity index (χ3v) is 3.69. The van der Waals surface area contributed by atoms with Crippen molar-refractivity contribution < 1.29 is 0 Å². The summed E-state index contributed by atoms with van der Waals surface area (Å²) in [5.74, 6) is 1.38.